The highest BCUT2D eigenvalue weighted by atomic mass is 16.2. The second kappa shape index (κ2) is 6.16. The fourth-order valence-corrected chi connectivity index (χ4v) is 3.42. The Morgan fingerprint density at radius 1 is 1.24 bits per heavy atom. The van der Waals surface area contributed by atoms with Gasteiger partial charge in [0.2, 0.25) is 5.91 Å². The first-order valence-corrected chi connectivity index (χ1v) is 7.95. The maximum atomic E-state index is 12.2. The van der Waals surface area contributed by atoms with E-state index in [-0.39, 0.29) is 5.91 Å². The minimum absolute atomic E-state index is 0.102. The predicted molar refractivity (Wildman–Crippen MR) is 85.6 cm³/mol. The second-order valence-corrected chi connectivity index (χ2v) is 6.41. The van der Waals surface area contributed by atoms with E-state index in [0.717, 1.165) is 25.3 Å². The van der Waals surface area contributed by atoms with Crippen LogP contribution in [0.25, 0.3) is 0 Å². The van der Waals surface area contributed by atoms with Gasteiger partial charge in [-0.1, -0.05) is 6.07 Å². The van der Waals surface area contributed by atoms with Gasteiger partial charge in [-0.3, -0.25) is 14.6 Å². The van der Waals surface area contributed by atoms with Crippen molar-refractivity contribution in [3.63, 3.8) is 0 Å². The molecule has 4 nitrogen and oxygen atoms in total. The van der Waals surface area contributed by atoms with Gasteiger partial charge in [0.15, 0.2) is 0 Å². The lowest BCUT2D eigenvalue weighted by molar-refractivity contribution is -0.117. The number of hydrogen-bond donors (Lipinski definition) is 1. The normalized spacial score (nSPS) is 23.0. The van der Waals surface area contributed by atoms with E-state index < -0.39 is 0 Å². The molecule has 0 aromatic heterocycles. The van der Waals surface area contributed by atoms with Crippen LogP contribution in [0.15, 0.2) is 18.2 Å². The molecule has 0 aliphatic carbocycles. The average Bonchev–Trinajstić information content (AvgIpc) is 2.90. The number of carbonyl (C=O) groups is 1. The van der Waals surface area contributed by atoms with Crippen molar-refractivity contribution in [2.24, 2.45) is 0 Å². The maximum absolute atomic E-state index is 12.2. The summed E-state index contributed by atoms with van der Waals surface area (Å²) in [6, 6.07) is 6.76. The van der Waals surface area contributed by atoms with Gasteiger partial charge in [0.1, 0.15) is 0 Å². The van der Waals surface area contributed by atoms with E-state index in [1.165, 1.54) is 30.5 Å². The predicted octanol–water partition coefficient (Wildman–Crippen LogP) is 2.02. The van der Waals surface area contributed by atoms with Gasteiger partial charge in [-0.25, -0.2) is 0 Å². The molecule has 1 atom stereocenters. The molecule has 1 unspecified atom stereocenters. The Balaban J connectivity index is 1.53. The Kier molecular flexibility index (Phi) is 4.27. The fraction of sp³-hybridized carbons (Fsp3) is 0.588. The Morgan fingerprint density at radius 2 is 2.10 bits per heavy atom. The van der Waals surface area contributed by atoms with Crippen molar-refractivity contribution < 1.29 is 4.79 Å². The standard InChI is InChI=1S/C17H25N3O/c1-13-5-6-15(10-14(13)2)18-17(21)12-19-8-9-20-7-3-4-16(20)11-19/h5-6,10,16H,3-4,7-9,11-12H2,1-2H3,(H,18,21). The number of rotatable bonds is 3. The number of nitrogens with zero attached hydrogens (tertiary/aromatic N) is 2. The number of nitrogens with one attached hydrogen (secondary N) is 1. The van der Waals surface area contributed by atoms with Gasteiger partial charge in [-0.2, -0.15) is 0 Å². The van der Waals surface area contributed by atoms with E-state index in [4.69, 9.17) is 0 Å². The molecule has 114 valence electrons. The molecule has 0 spiro atoms. The van der Waals surface area contributed by atoms with Gasteiger partial charge in [0.25, 0.3) is 0 Å². The van der Waals surface area contributed by atoms with Crippen LogP contribution in [-0.2, 0) is 4.79 Å². The van der Waals surface area contributed by atoms with Crippen LogP contribution in [0.3, 0.4) is 0 Å². The summed E-state index contributed by atoms with van der Waals surface area (Å²) in [5, 5.41) is 3.02. The molecule has 1 aromatic carbocycles. The van der Waals surface area contributed by atoms with Crippen molar-refractivity contribution in [3.8, 4) is 0 Å². The van der Waals surface area contributed by atoms with Crippen LogP contribution in [0, 0.1) is 13.8 Å². The van der Waals surface area contributed by atoms with Gasteiger partial charge in [-0.15, -0.1) is 0 Å². The zero-order chi connectivity index (χ0) is 14.8. The molecule has 0 bridgehead atoms. The summed E-state index contributed by atoms with van der Waals surface area (Å²) in [5.41, 5.74) is 3.38. The van der Waals surface area contributed by atoms with E-state index in [1.807, 2.05) is 12.1 Å². The van der Waals surface area contributed by atoms with Crippen LogP contribution in [0.5, 0.6) is 0 Å². The highest BCUT2D eigenvalue weighted by molar-refractivity contribution is 5.92. The zero-order valence-corrected chi connectivity index (χ0v) is 13.1. The van der Waals surface area contributed by atoms with Gasteiger partial charge >= 0.3 is 0 Å². The lowest BCUT2D eigenvalue weighted by Crippen LogP contribution is -2.51. The molecule has 4 heteroatoms. The fourth-order valence-electron chi connectivity index (χ4n) is 3.42. The quantitative estimate of drug-likeness (QED) is 0.924. The molecule has 2 saturated heterocycles. The SMILES string of the molecule is Cc1ccc(NC(=O)CN2CCN3CCCC3C2)cc1C. The molecule has 21 heavy (non-hydrogen) atoms. The molecule has 1 N–H and O–H groups in total. The third kappa shape index (κ3) is 3.44. The summed E-state index contributed by atoms with van der Waals surface area (Å²) >= 11 is 0. The van der Waals surface area contributed by atoms with Gasteiger partial charge in [0.05, 0.1) is 6.54 Å². The smallest absolute Gasteiger partial charge is 0.238 e. The monoisotopic (exact) mass is 287 g/mol. The summed E-state index contributed by atoms with van der Waals surface area (Å²) in [4.78, 5) is 17.1. The zero-order valence-electron chi connectivity index (χ0n) is 13.1. The van der Waals surface area contributed by atoms with E-state index in [0.29, 0.717) is 12.6 Å². The number of piperazine rings is 1. The number of benzene rings is 1. The molecule has 2 aliphatic heterocycles. The number of fused-ring (bicyclic) bond motifs is 1. The van der Waals surface area contributed by atoms with Gasteiger partial charge in [-0.05, 0) is 56.5 Å². The first-order valence-electron chi connectivity index (χ1n) is 7.95. The van der Waals surface area contributed by atoms with Crippen LogP contribution >= 0.6 is 0 Å². The van der Waals surface area contributed by atoms with E-state index in [2.05, 4.69) is 35.0 Å². The Morgan fingerprint density at radius 3 is 2.90 bits per heavy atom. The molecule has 2 heterocycles. The molecule has 0 saturated carbocycles. The first kappa shape index (κ1) is 14.5. The van der Waals surface area contributed by atoms with E-state index >= 15 is 0 Å². The number of carbonyl (C=O) groups excluding carboxylic acids is 1. The molecular formula is C17H25N3O. The summed E-state index contributed by atoms with van der Waals surface area (Å²) in [6.07, 6.45) is 2.60. The molecule has 2 fully saturated rings. The summed E-state index contributed by atoms with van der Waals surface area (Å²) in [7, 11) is 0. The number of amides is 1. The molecule has 1 aromatic rings. The first-order chi connectivity index (χ1) is 10.1. The molecule has 3 rings (SSSR count). The molecule has 2 aliphatic rings. The van der Waals surface area contributed by atoms with Crippen LogP contribution < -0.4 is 5.32 Å². The van der Waals surface area contributed by atoms with Crippen molar-refractivity contribution in [2.75, 3.05) is 38.0 Å². The van der Waals surface area contributed by atoms with E-state index in [1.54, 1.807) is 0 Å². The number of anilines is 1. The lowest BCUT2D eigenvalue weighted by atomic mass is 10.1. The molecule has 0 radical (unpaired) electrons. The third-order valence-corrected chi connectivity index (χ3v) is 4.83. The van der Waals surface area contributed by atoms with Crippen molar-refractivity contribution in [2.45, 2.75) is 32.7 Å². The average molecular weight is 287 g/mol. The maximum Gasteiger partial charge on any atom is 0.238 e. The van der Waals surface area contributed by atoms with Crippen molar-refractivity contribution in [1.82, 2.24) is 9.80 Å². The summed E-state index contributed by atoms with van der Waals surface area (Å²) in [5.74, 6) is 0.102. The van der Waals surface area contributed by atoms with Crippen LogP contribution in [0.2, 0.25) is 0 Å². The molecule has 1 amide bonds. The Bertz CT molecular complexity index is 529. The Labute approximate surface area is 127 Å². The minimum atomic E-state index is 0.102. The minimum Gasteiger partial charge on any atom is -0.325 e. The van der Waals surface area contributed by atoms with Crippen LogP contribution in [0.1, 0.15) is 24.0 Å². The lowest BCUT2D eigenvalue weighted by Gasteiger charge is -2.37. The second-order valence-electron chi connectivity index (χ2n) is 6.41. The topological polar surface area (TPSA) is 35.6 Å². The molecular weight excluding hydrogens is 262 g/mol. The van der Waals surface area contributed by atoms with Crippen molar-refractivity contribution in [1.29, 1.82) is 0 Å². The third-order valence-electron chi connectivity index (χ3n) is 4.83. The van der Waals surface area contributed by atoms with Crippen LogP contribution in [-0.4, -0.2) is 54.5 Å². The number of aryl methyl sites for hydroxylation is 2. The van der Waals surface area contributed by atoms with Crippen LogP contribution in [0.4, 0.5) is 5.69 Å². The highest BCUT2D eigenvalue weighted by Gasteiger charge is 2.30. The van der Waals surface area contributed by atoms with E-state index in [9.17, 15) is 4.79 Å². The largest absolute Gasteiger partial charge is 0.325 e. The Hall–Kier alpha value is -1.39. The van der Waals surface area contributed by atoms with Gasteiger partial charge in [0, 0.05) is 31.4 Å². The summed E-state index contributed by atoms with van der Waals surface area (Å²) < 4.78 is 0. The van der Waals surface area contributed by atoms with Gasteiger partial charge < -0.3 is 5.32 Å². The van der Waals surface area contributed by atoms with Crippen molar-refractivity contribution >= 4 is 11.6 Å². The van der Waals surface area contributed by atoms with Crippen molar-refractivity contribution in [3.05, 3.63) is 29.3 Å². The highest BCUT2D eigenvalue weighted by Crippen LogP contribution is 2.21. The summed E-state index contributed by atoms with van der Waals surface area (Å²) in [6.45, 7) is 9.08. The number of hydrogen-bond acceptors (Lipinski definition) is 3.